The maximum Gasteiger partial charge on any atom is 0.270 e. The van der Waals surface area contributed by atoms with Gasteiger partial charge in [-0.1, -0.05) is 0 Å². The van der Waals surface area contributed by atoms with Crippen molar-refractivity contribution >= 4 is 33.3 Å². The Balaban J connectivity index is 2.03. The van der Waals surface area contributed by atoms with Crippen LogP contribution in [0, 0.1) is 4.84 Å². The minimum atomic E-state index is -3.52. The number of sulfonamides is 1. The summed E-state index contributed by atoms with van der Waals surface area (Å²) in [7, 11) is -0.493. The van der Waals surface area contributed by atoms with Gasteiger partial charge in [-0.3, -0.25) is 9.47 Å². The Hall–Kier alpha value is -1.26. The Morgan fingerprint density at radius 1 is 1.32 bits per heavy atom. The molecule has 0 radical (unpaired) electrons. The third kappa shape index (κ3) is 3.52. The second-order valence-corrected chi connectivity index (χ2v) is 9.12. The molecule has 1 aromatic heterocycles. The van der Waals surface area contributed by atoms with E-state index < -0.39 is 10.0 Å². The van der Waals surface area contributed by atoms with Crippen LogP contribution < -0.4 is 0 Å². The number of benzene rings is 1. The van der Waals surface area contributed by atoms with Gasteiger partial charge in [0, 0.05) is 26.7 Å². The number of hydrogen-bond acceptors (Lipinski definition) is 6. The third-order valence-electron chi connectivity index (χ3n) is 4.48. The summed E-state index contributed by atoms with van der Waals surface area (Å²) in [5, 5.41) is 0. The molecule has 0 aliphatic carbocycles. The molecule has 0 saturated carbocycles. The standard InChI is InChI=1S/C16H23N3O4S2/c1-11-9-22-12(2)8-18(11)10-19-14-7-13(25(20,21)17(3)4)5-6-15(14)23-16(19)24/h5-7,11-12H,8-10H2,1-4H3. The van der Waals surface area contributed by atoms with Crippen LogP contribution >= 0.6 is 12.2 Å². The van der Waals surface area contributed by atoms with E-state index in [2.05, 4.69) is 11.8 Å². The monoisotopic (exact) mass is 385 g/mol. The molecule has 0 bridgehead atoms. The molecule has 1 fully saturated rings. The van der Waals surface area contributed by atoms with Crippen LogP contribution in [0.4, 0.5) is 0 Å². The van der Waals surface area contributed by atoms with Crippen molar-refractivity contribution in [3.05, 3.63) is 23.0 Å². The second kappa shape index (κ2) is 6.81. The molecule has 2 atom stereocenters. The minimum Gasteiger partial charge on any atom is -0.429 e. The van der Waals surface area contributed by atoms with Gasteiger partial charge >= 0.3 is 0 Å². The molecule has 2 aromatic rings. The smallest absolute Gasteiger partial charge is 0.270 e. The average Bonchev–Trinajstić information content (AvgIpc) is 2.86. The summed E-state index contributed by atoms with van der Waals surface area (Å²) in [6.45, 7) is 6.11. The van der Waals surface area contributed by atoms with Gasteiger partial charge in [0.15, 0.2) is 5.58 Å². The van der Waals surface area contributed by atoms with Crippen LogP contribution in [0.2, 0.25) is 0 Å². The van der Waals surface area contributed by atoms with E-state index in [9.17, 15) is 8.42 Å². The highest BCUT2D eigenvalue weighted by atomic mass is 32.2. The number of nitrogens with zero attached hydrogens (tertiary/aromatic N) is 3. The fraction of sp³-hybridized carbons (Fsp3) is 0.562. The highest BCUT2D eigenvalue weighted by Gasteiger charge is 2.25. The first kappa shape index (κ1) is 18.5. The van der Waals surface area contributed by atoms with Crippen LogP contribution in [0.5, 0.6) is 0 Å². The summed E-state index contributed by atoms with van der Waals surface area (Å²) < 4.78 is 39.2. The summed E-state index contributed by atoms with van der Waals surface area (Å²) in [6.07, 6.45) is 0.146. The minimum absolute atomic E-state index is 0.146. The molecule has 0 amide bonds. The van der Waals surface area contributed by atoms with E-state index in [-0.39, 0.29) is 17.0 Å². The quantitative estimate of drug-likeness (QED) is 0.752. The van der Waals surface area contributed by atoms with E-state index in [0.29, 0.717) is 29.2 Å². The highest BCUT2D eigenvalue weighted by molar-refractivity contribution is 7.89. The summed E-state index contributed by atoms with van der Waals surface area (Å²) in [5.74, 6) is 0. The zero-order chi connectivity index (χ0) is 18.4. The van der Waals surface area contributed by atoms with Crippen molar-refractivity contribution in [2.45, 2.75) is 37.6 Å². The van der Waals surface area contributed by atoms with Gasteiger partial charge < -0.3 is 9.15 Å². The second-order valence-electron chi connectivity index (χ2n) is 6.62. The van der Waals surface area contributed by atoms with Crippen molar-refractivity contribution in [1.82, 2.24) is 13.8 Å². The van der Waals surface area contributed by atoms with Crippen molar-refractivity contribution in [2.75, 3.05) is 27.2 Å². The number of fused-ring (bicyclic) bond motifs is 1. The van der Waals surface area contributed by atoms with Gasteiger partial charge in [-0.15, -0.1) is 0 Å². The van der Waals surface area contributed by atoms with Crippen LogP contribution in [-0.4, -0.2) is 61.6 Å². The topological polar surface area (TPSA) is 67.9 Å². The molecule has 7 nitrogen and oxygen atoms in total. The van der Waals surface area contributed by atoms with E-state index >= 15 is 0 Å². The van der Waals surface area contributed by atoms with E-state index in [4.69, 9.17) is 21.4 Å². The van der Waals surface area contributed by atoms with Crippen molar-refractivity contribution in [1.29, 1.82) is 0 Å². The molecule has 1 saturated heterocycles. The lowest BCUT2D eigenvalue weighted by molar-refractivity contribution is -0.0608. The largest absolute Gasteiger partial charge is 0.429 e. The molecule has 2 heterocycles. The summed E-state index contributed by atoms with van der Waals surface area (Å²) in [5.41, 5.74) is 1.26. The van der Waals surface area contributed by atoms with Gasteiger partial charge in [0.2, 0.25) is 10.0 Å². The fourth-order valence-electron chi connectivity index (χ4n) is 2.90. The molecule has 3 rings (SSSR count). The van der Waals surface area contributed by atoms with Gasteiger partial charge in [0.25, 0.3) is 4.84 Å². The molecular formula is C16H23N3O4S2. The van der Waals surface area contributed by atoms with E-state index in [1.807, 2.05) is 11.5 Å². The predicted octanol–water partition coefficient (Wildman–Crippen LogP) is 2.28. The van der Waals surface area contributed by atoms with Crippen LogP contribution in [0.1, 0.15) is 13.8 Å². The molecule has 9 heteroatoms. The zero-order valence-electron chi connectivity index (χ0n) is 14.8. The van der Waals surface area contributed by atoms with Crippen molar-refractivity contribution in [3.63, 3.8) is 0 Å². The van der Waals surface area contributed by atoms with E-state index in [0.717, 1.165) is 6.54 Å². The number of oxazole rings is 1. The van der Waals surface area contributed by atoms with E-state index in [1.54, 1.807) is 18.2 Å². The first-order chi connectivity index (χ1) is 11.7. The van der Waals surface area contributed by atoms with Crippen LogP contribution in [-0.2, 0) is 21.4 Å². The molecule has 25 heavy (non-hydrogen) atoms. The van der Waals surface area contributed by atoms with Crippen molar-refractivity contribution in [2.24, 2.45) is 0 Å². The molecular weight excluding hydrogens is 362 g/mol. The molecule has 1 aromatic carbocycles. The Morgan fingerprint density at radius 3 is 2.72 bits per heavy atom. The Kier molecular flexibility index (Phi) is 5.04. The van der Waals surface area contributed by atoms with Crippen LogP contribution in [0.25, 0.3) is 11.1 Å². The summed E-state index contributed by atoms with van der Waals surface area (Å²) >= 11 is 5.36. The highest BCUT2D eigenvalue weighted by Crippen LogP contribution is 2.24. The number of morpholine rings is 1. The number of hydrogen-bond donors (Lipinski definition) is 0. The molecule has 0 N–H and O–H groups in total. The Morgan fingerprint density at radius 2 is 2.04 bits per heavy atom. The maximum atomic E-state index is 12.4. The Bertz CT molecular complexity index is 932. The first-order valence-corrected chi connectivity index (χ1v) is 9.96. The maximum absolute atomic E-state index is 12.4. The predicted molar refractivity (Wildman–Crippen MR) is 97.5 cm³/mol. The fourth-order valence-corrected chi connectivity index (χ4v) is 4.07. The summed E-state index contributed by atoms with van der Waals surface area (Å²) in [4.78, 5) is 2.81. The molecule has 138 valence electrons. The number of rotatable bonds is 4. The van der Waals surface area contributed by atoms with Crippen molar-refractivity contribution in [3.8, 4) is 0 Å². The van der Waals surface area contributed by atoms with Gasteiger partial charge in [0.05, 0.1) is 29.8 Å². The third-order valence-corrected chi connectivity index (χ3v) is 6.59. The average molecular weight is 386 g/mol. The SMILES string of the molecule is CC1CN(Cn2c(=S)oc3ccc(S(=O)(=O)N(C)C)cc32)C(C)CO1. The number of ether oxygens (including phenoxy) is 1. The molecule has 1 aliphatic heterocycles. The lowest BCUT2D eigenvalue weighted by Crippen LogP contribution is -2.47. The van der Waals surface area contributed by atoms with Crippen molar-refractivity contribution < 1.29 is 17.6 Å². The lowest BCUT2D eigenvalue weighted by Gasteiger charge is -2.36. The van der Waals surface area contributed by atoms with Gasteiger partial charge in [-0.25, -0.2) is 12.7 Å². The molecule has 1 aliphatic rings. The van der Waals surface area contributed by atoms with Gasteiger partial charge in [-0.2, -0.15) is 0 Å². The lowest BCUT2D eigenvalue weighted by atomic mass is 10.2. The zero-order valence-corrected chi connectivity index (χ0v) is 16.4. The summed E-state index contributed by atoms with van der Waals surface area (Å²) in [6, 6.07) is 5.07. The molecule has 2 unspecified atom stereocenters. The number of aromatic nitrogens is 1. The van der Waals surface area contributed by atoms with Gasteiger partial charge in [-0.05, 0) is 44.3 Å². The first-order valence-electron chi connectivity index (χ1n) is 8.11. The van der Waals surface area contributed by atoms with Gasteiger partial charge in [0.1, 0.15) is 0 Å². The van der Waals surface area contributed by atoms with E-state index in [1.165, 1.54) is 18.4 Å². The Labute approximate surface area is 152 Å². The van der Waals surface area contributed by atoms with Crippen LogP contribution in [0.3, 0.4) is 0 Å². The van der Waals surface area contributed by atoms with Crippen LogP contribution in [0.15, 0.2) is 27.5 Å². The normalized spacial score (nSPS) is 22.8. The molecule has 0 spiro atoms.